The first kappa shape index (κ1) is 13.7. The topological polar surface area (TPSA) is 78.4 Å². The molecule has 0 aliphatic rings. The van der Waals surface area contributed by atoms with Gasteiger partial charge in [0.2, 0.25) is 0 Å². The van der Waals surface area contributed by atoms with Crippen LogP contribution in [0.5, 0.6) is 0 Å². The Kier molecular flexibility index (Phi) is 7.40. The van der Waals surface area contributed by atoms with Crippen molar-refractivity contribution in [3.05, 3.63) is 0 Å². The van der Waals surface area contributed by atoms with Gasteiger partial charge in [-0.15, -0.1) is 0 Å². The minimum absolute atomic E-state index is 0.0432. The van der Waals surface area contributed by atoms with Crippen LogP contribution in [0.4, 0.5) is 4.79 Å². The first-order valence-corrected chi connectivity index (χ1v) is 5.33. The Hall–Kier alpha value is -1.26. The second-order valence-electron chi connectivity index (χ2n) is 3.46. The molecule has 0 aromatic carbocycles. The summed E-state index contributed by atoms with van der Waals surface area (Å²) in [5, 5.41) is 13.6. The van der Waals surface area contributed by atoms with Gasteiger partial charge in [0.25, 0.3) is 0 Å². The number of carboxylic acid groups (broad SMARTS) is 1. The number of rotatable bonds is 7. The van der Waals surface area contributed by atoms with E-state index >= 15 is 0 Å². The van der Waals surface area contributed by atoms with Crippen molar-refractivity contribution in [3.63, 3.8) is 0 Å². The van der Waals surface area contributed by atoms with Crippen LogP contribution in [-0.2, 0) is 4.79 Å². The molecule has 0 fully saturated rings. The molecule has 0 aromatic heterocycles. The molecule has 0 aliphatic carbocycles. The summed E-state index contributed by atoms with van der Waals surface area (Å²) in [5.74, 6) is -0.412. The van der Waals surface area contributed by atoms with Crippen molar-refractivity contribution < 1.29 is 14.7 Å². The summed E-state index contributed by atoms with van der Waals surface area (Å²) in [6.45, 7) is 4.98. The van der Waals surface area contributed by atoms with E-state index in [9.17, 15) is 9.59 Å². The Bertz CT molecular complexity index is 203. The van der Waals surface area contributed by atoms with Crippen LogP contribution in [0.25, 0.3) is 0 Å². The molecule has 0 spiro atoms. The first-order chi connectivity index (χ1) is 7.10. The molecule has 15 heavy (non-hydrogen) atoms. The van der Waals surface area contributed by atoms with Gasteiger partial charge in [-0.05, 0) is 5.92 Å². The Morgan fingerprint density at radius 2 is 1.80 bits per heavy atom. The van der Waals surface area contributed by atoms with Crippen molar-refractivity contribution in [3.8, 4) is 0 Å². The van der Waals surface area contributed by atoms with E-state index in [1.54, 1.807) is 0 Å². The number of amides is 2. The second kappa shape index (κ2) is 8.08. The lowest BCUT2D eigenvalue weighted by Gasteiger charge is -2.13. The highest BCUT2D eigenvalue weighted by atomic mass is 16.4. The summed E-state index contributed by atoms with van der Waals surface area (Å²) in [7, 11) is 0. The molecule has 0 heterocycles. The van der Waals surface area contributed by atoms with Crippen molar-refractivity contribution in [2.75, 3.05) is 13.1 Å². The maximum atomic E-state index is 11.1. The van der Waals surface area contributed by atoms with Gasteiger partial charge >= 0.3 is 12.0 Å². The zero-order chi connectivity index (χ0) is 11.7. The fourth-order valence-electron chi connectivity index (χ4n) is 1.16. The number of urea groups is 1. The highest BCUT2D eigenvalue weighted by molar-refractivity contribution is 5.74. The molecule has 5 heteroatoms. The lowest BCUT2D eigenvalue weighted by Crippen LogP contribution is -2.38. The van der Waals surface area contributed by atoms with Crippen molar-refractivity contribution in [1.29, 1.82) is 0 Å². The monoisotopic (exact) mass is 216 g/mol. The molecular formula is C10H20N2O3. The molecule has 0 unspecified atom stereocenters. The summed E-state index contributed by atoms with van der Waals surface area (Å²) in [6, 6.07) is -0.289. The standard InChI is InChI=1S/C10H20N2O3/c1-3-8(4-2)7-12-10(15)11-6-5-9(13)14/h8H,3-7H2,1-2H3,(H,13,14)(H2,11,12,15). The van der Waals surface area contributed by atoms with E-state index in [0.717, 1.165) is 12.8 Å². The van der Waals surface area contributed by atoms with E-state index in [1.165, 1.54) is 0 Å². The van der Waals surface area contributed by atoms with Crippen molar-refractivity contribution >= 4 is 12.0 Å². The molecule has 0 aromatic rings. The van der Waals surface area contributed by atoms with Gasteiger partial charge < -0.3 is 15.7 Å². The third kappa shape index (κ3) is 7.78. The zero-order valence-corrected chi connectivity index (χ0v) is 9.38. The van der Waals surface area contributed by atoms with Crippen molar-refractivity contribution in [2.45, 2.75) is 33.1 Å². The highest BCUT2D eigenvalue weighted by Gasteiger charge is 2.06. The smallest absolute Gasteiger partial charge is 0.314 e. The van der Waals surface area contributed by atoms with Crippen molar-refractivity contribution in [1.82, 2.24) is 10.6 Å². The molecule has 0 rings (SSSR count). The minimum Gasteiger partial charge on any atom is -0.481 e. The van der Waals surface area contributed by atoms with Crippen LogP contribution < -0.4 is 10.6 Å². The van der Waals surface area contributed by atoms with Gasteiger partial charge in [-0.3, -0.25) is 4.79 Å². The number of hydrogen-bond donors (Lipinski definition) is 3. The Morgan fingerprint density at radius 1 is 1.20 bits per heavy atom. The number of carbonyl (C=O) groups is 2. The Morgan fingerprint density at radius 3 is 2.27 bits per heavy atom. The molecule has 88 valence electrons. The first-order valence-electron chi connectivity index (χ1n) is 5.33. The summed E-state index contributed by atoms with van der Waals surface area (Å²) in [4.78, 5) is 21.3. The molecule has 5 nitrogen and oxygen atoms in total. The van der Waals surface area contributed by atoms with Crippen LogP contribution in [0.3, 0.4) is 0 Å². The van der Waals surface area contributed by atoms with Gasteiger partial charge in [0.05, 0.1) is 6.42 Å². The van der Waals surface area contributed by atoms with Gasteiger partial charge in [-0.1, -0.05) is 26.7 Å². The van der Waals surface area contributed by atoms with Gasteiger partial charge in [0.1, 0.15) is 0 Å². The van der Waals surface area contributed by atoms with Crippen LogP contribution in [-0.4, -0.2) is 30.2 Å². The summed E-state index contributed by atoms with van der Waals surface area (Å²) >= 11 is 0. The minimum atomic E-state index is -0.907. The number of carboxylic acids is 1. The Balaban J connectivity index is 3.52. The van der Waals surface area contributed by atoms with E-state index in [1.807, 2.05) is 0 Å². The van der Waals surface area contributed by atoms with Crippen molar-refractivity contribution in [2.24, 2.45) is 5.92 Å². The van der Waals surface area contributed by atoms with Crippen LogP contribution in [0.2, 0.25) is 0 Å². The Labute approximate surface area is 90.2 Å². The molecule has 0 atom stereocenters. The summed E-state index contributed by atoms with van der Waals surface area (Å²) in [6.07, 6.45) is 2.02. The number of hydrogen-bond acceptors (Lipinski definition) is 2. The lowest BCUT2D eigenvalue weighted by atomic mass is 10.0. The van der Waals surface area contributed by atoms with Crippen LogP contribution in [0.1, 0.15) is 33.1 Å². The van der Waals surface area contributed by atoms with Crippen LogP contribution >= 0.6 is 0 Å². The molecule has 0 saturated heterocycles. The predicted molar refractivity (Wildman–Crippen MR) is 57.7 cm³/mol. The summed E-state index contributed by atoms with van der Waals surface area (Å²) in [5.41, 5.74) is 0. The van der Waals surface area contributed by atoms with E-state index < -0.39 is 5.97 Å². The molecule has 3 N–H and O–H groups in total. The largest absolute Gasteiger partial charge is 0.481 e. The van der Waals surface area contributed by atoms with E-state index in [2.05, 4.69) is 24.5 Å². The van der Waals surface area contributed by atoms with Crippen LogP contribution in [0, 0.1) is 5.92 Å². The molecule has 0 radical (unpaired) electrons. The van der Waals surface area contributed by atoms with Crippen LogP contribution in [0.15, 0.2) is 0 Å². The molecule has 2 amide bonds. The fourth-order valence-corrected chi connectivity index (χ4v) is 1.16. The quantitative estimate of drug-likeness (QED) is 0.598. The SMILES string of the molecule is CCC(CC)CNC(=O)NCCC(=O)O. The van der Waals surface area contributed by atoms with E-state index in [4.69, 9.17) is 5.11 Å². The highest BCUT2D eigenvalue weighted by Crippen LogP contribution is 2.04. The summed E-state index contributed by atoms with van der Waals surface area (Å²) < 4.78 is 0. The normalized spacial score (nSPS) is 10.1. The van der Waals surface area contributed by atoms with Gasteiger partial charge in [-0.25, -0.2) is 4.79 Å². The average Bonchev–Trinajstić information content (AvgIpc) is 2.18. The number of aliphatic carboxylic acids is 1. The average molecular weight is 216 g/mol. The van der Waals surface area contributed by atoms with Gasteiger partial charge in [-0.2, -0.15) is 0 Å². The molecule has 0 bridgehead atoms. The van der Waals surface area contributed by atoms with Gasteiger partial charge in [0.15, 0.2) is 0 Å². The number of nitrogens with one attached hydrogen (secondary N) is 2. The predicted octanol–water partition coefficient (Wildman–Crippen LogP) is 1.20. The zero-order valence-electron chi connectivity index (χ0n) is 9.38. The van der Waals surface area contributed by atoms with E-state index in [-0.39, 0.29) is 19.0 Å². The molecule has 0 saturated carbocycles. The second-order valence-corrected chi connectivity index (χ2v) is 3.46. The maximum Gasteiger partial charge on any atom is 0.314 e. The van der Waals surface area contributed by atoms with E-state index in [0.29, 0.717) is 12.5 Å². The molecular weight excluding hydrogens is 196 g/mol. The lowest BCUT2D eigenvalue weighted by molar-refractivity contribution is -0.136. The fraction of sp³-hybridized carbons (Fsp3) is 0.800. The third-order valence-corrected chi connectivity index (χ3v) is 2.33. The third-order valence-electron chi connectivity index (χ3n) is 2.33. The molecule has 0 aliphatic heterocycles. The van der Waals surface area contributed by atoms with Gasteiger partial charge in [0, 0.05) is 13.1 Å². The number of carbonyl (C=O) groups excluding carboxylic acids is 1. The maximum absolute atomic E-state index is 11.1.